The fourth-order valence-corrected chi connectivity index (χ4v) is 2.55. The SMILES string of the molecule is CCOC(=O)C(CNC(=O)c1ccccc1)(Oc1ccc(C)cc1)C(=O)OCC. The first-order valence-corrected chi connectivity index (χ1v) is 9.36. The maximum Gasteiger partial charge on any atom is 0.364 e. The molecule has 2 aromatic carbocycles. The standard InChI is InChI=1S/C22H25NO6/c1-4-27-20(25)22(21(26)28-5-2,29-18-13-11-16(3)12-14-18)15-23-19(24)17-9-7-6-8-10-17/h6-14H,4-5,15H2,1-3H3,(H,23,24). The molecule has 2 rings (SSSR count). The summed E-state index contributed by atoms with van der Waals surface area (Å²) in [6, 6.07) is 15.2. The van der Waals surface area contributed by atoms with Crippen LogP contribution in [0.1, 0.15) is 29.8 Å². The van der Waals surface area contributed by atoms with Gasteiger partial charge >= 0.3 is 17.5 Å². The van der Waals surface area contributed by atoms with Gasteiger partial charge in [-0.15, -0.1) is 0 Å². The molecule has 0 aliphatic heterocycles. The molecule has 0 radical (unpaired) electrons. The summed E-state index contributed by atoms with van der Waals surface area (Å²) in [6.07, 6.45) is 0. The van der Waals surface area contributed by atoms with E-state index in [0.29, 0.717) is 5.56 Å². The topological polar surface area (TPSA) is 90.9 Å². The molecule has 0 aliphatic carbocycles. The number of carbonyl (C=O) groups is 3. The van der Waals surface area contributed by atoms with Gasteiger partial charge in [-0.1, -0.05) is 35.9 Å². The molecule has 7 nitrogen and oxygen atoms in total. The van der Waals surface area contributed by atoms with E-state index in [1.165, 1.54) is 0 Å². The first-order valence-electron chi connectivity index (χ1n) is 9.36. The van der Waals surface area contributed by atoms with Crippen molar-refractivity contribution in [2.24, 2.45) is 0 Å². The van der Waals surface area contributed by atoms with Crippen LogP contribution in [0, 0.1) is 6.92 Å². The van der Waals surface area contributed by atoms with Crippen LogP contribution in [0.15, 0.2) is 54.6 Å². The largest absolute Gasteiger partial charge is 0.463 e. The first kappa shape index (κ1) is 21.9. The minimum atomic E-state index is -2.17. The van der Waals surface area contributed by atoms with Crippen LogP contribution < -0.4 is 10.1 Å². The van der Waals surface area contributed by atoms with Gasteiger partial charge in [0.25, 0.3) is 5.91 Å². The van der Waals surface area contributed by atoms with Gasteiger partial charge in [0.05, 0.1) is 19.8 Å². The van der Waals surface area contributed by atoms with Gasteiger partial charge in [0.1, 0.15) is 5.75 Å². The van der Waals surface area contributed by atoms with Crippen molar-refractivity contribution in [3.63, 3.8) is 0 Å². The molecule has 0 spiro atoms. The van der Waals surface area contributed by atoms with E-state index in [1.807, 2.05) is 6.92 Å². The van der Waals surface area contributed by atoms with E-state index >= 15 is 0 Å². The Bertz CT molecular complexity index is 814. The van der Waals surface area contributed by atoms with E-state index in [4.69, 9.17) is 14.2 Å². The normalized spacial score (nSPS) is 10.7. The number of esters is 2. The van der Waals surface area contributed by atoms with Crippen LogP contribution in [0.3, 0.4) is 0 Å². The summed E-state index contributed by atoms with van der Waals surface area (Å²) in [7, 11) is 0. The zero-order chi connectivity index (χ0) is 21.3. The fourth-order valence-electron chi connectivity index (χ4n) is 2.55. The number of benzene rings is 2. The number of nitrogens with one attached hydrogen (secondary N) is 1. The summed E-state index contributed by atoms with van der Waals surface area (Å²) < 4.78 is 16.0. The molecule has 0 aliphatic rings. The average molecular weight is 399 g/mol. The van der Waals surface area contributed by atoms with Gasteiger partial charge in [0, 0.05) is 5.56 Å². The van der Waals surface area contributed by atoms with Gasteiger partial charge in [-0.3, -0.25) is 4.79 Å². The second-order valence-corrected chi connectivity index (χ2v) is 6.23. The number of aryl methyl sites for hydroxylation is 1. The van der Waals surface area contributed by atoms with Gasteiger partial charge < -0.3 is 19.5 Å². The van der Waals surface area contributed by atoms with Crippen molar-refractivity contribution in [2.75, 3.05) is 19.8 Å². The maximum absolute atomic E-state index is 12.8. The number of hydrogen-bond donors (Lipinski definition) is 1. The summed E-state index contributed by atoms with van der Waals surface area (Å²) in [5.41, 5.74) is -0.816. The molecule has 0 saturated heterocycles. The Kier molecular flexibility index (Phi) is 7.77. The molecule has 0 aromatic heterocycles. The zero-order valence-corrected chi connectivity index (χ0v) is 16.8. The molecule has 154 valence electrons. The Balaban J connectivity index is 2.36. The molecule has 0 heterocycles. The Hall–Kier alpha value is -3.35. The van der Waals surface area contributed by atoms with E-state index in [2.05, 4.69) is 5.32 Å². The summed E-state index contributed by atoms with van der Waals surface area (Å²) >= 11 is 0. The number of amides is 1. The average Bonchev–Trinajstić information content (AvgIpc) is 2.73. The Morgan fingerprint density at radius 1 is 0.862 bits per heavy atom. The lowest BCUT2D eigenvalue weighted by molar-refractivity contribution is -0.179. The monoisotopic (exact) mass is 399 g/mol. The van der Waals surface area contributed by atoms with Crippen LogP contribution in [0.4, 0.5) is 0 Å². The third-order valence-corrected chi connectivity index (χ3v) is 4.06. The van der Waals surface area contributed by atoms with E-state index in [1.54, 1.807) is 68.4 Å². The van der Waals surface area contributed by atoms with Crippen molar-refractivity contribution >= 4 is 17.8 Å². The van der Waals surface area contributed by atoms with Crippen LogP contribution in [0.25, 0.3) is 0 Å². The minimum absolute atomic E-state index is 0.0316. The Morgan fingerprint density at radius 3 is 1.93 bits per heavy atom. The van der Waals surface area contributed by atoms with Gasteiger partial charge in [-0.25, -0.2) is 9.59 Å². The van der Waals surface area contributed by atoms with Crippen LogP contribution in [0.5, 0.6) is 5.75 Å². The van der Waals surface area contributed by atoms with Crippen LogP contribution in [-0.4, -0.2) is 43.2 Å². The number of hydrogen-bond acceptors (Lipinski definition) is 6. The Morgan fingerprint density at radius 2 is 1.41 bits per heavy atom. The molecule has 0 bridgehead atoms. The van der Waals surface area contributed by atoms with E-state index < -0.39 is 30.0 Å². The third-order valence-electron chi connectivity index (χ3n) is 4.06. The molecule has 0 fully saturated rings. The predicted octanol–water partition coefficient (Wildman–Crippen LogP) is 2.67. The molecule has 0 unspecified atom stereocenters. The van der Waals surface area contributed by atoms with Crippen molar-refractivity contribution in [3.8, 4) is 5.75 Å². The second-order valence-electron chi connectivity index (χ2n) is 6.23. The zero-order valence-electron chi connectivity index (χ0n) is 16.8. The summed E-state index contributed by atoms with van der Waals surface area (Å²) in [4.78, 5) is 38.1. The van der Waals surface area contributed by atoms with E-state index in [0.717, 1.165) is 5.56 Å². The summed E-state index contributed by atoms with van der Waals surface area (Å²) in [6.45, 7) is 4.73. The van der Waals surface area contributed by atoms with Gasteiger partial charge in [-0.2, -0.15) is 0 Å². The molecule has 0 saturated carbocycles. The second kappa shape index (κ2) is 10.3. The summed E-state index contributed by atoms with van der Waals surface area (Å²) in [5.74, 6) is -2.07. The molecule has 2 aromatic rings. The van der Waals surface area contributed by atoms with Gasteiger partial charge in [0.15, 0.2) is 0 Å². The maximum atomic E-state index is 12.8. The molecular weight excluding hydrogens is 374 g/mol. The van der Waals surface area contributed by atoms with E-state index in [9.17, 15) is 14.4 Å². The molecule has 29 heavy (non-hydrogen) atoms. The summed E-state index contributed by atoms with van der Waals surface area (Å²) in [5, 5.41) is 2.58. The Labute approximate surface area is 170 Å². The quantitative estimate of drug-likeness (QED) is 0.515. The number of rotatable bonds is 9. The molecule has 7 heteroatoms. The minimum Gasteiger partial charge on any atom is -0.463 e. The lowest BCUT2D eigenvalue weighted by Gasteiger charge is -2.30. The highest BCUT2D eigenvalue weighted by Gasteiger charge is 2.52. The molecule has 1 N–H and O–H groups in total. The first-order chi connectivity index (χ1) is 13.9. The van der Waals surface area contributed by atoms with Crippen molar-refractivity contribution in [3.05, 3.63) is 65.7 Å². The van der Waals surface area contributed by atoms with Crippen molar-refractivity contribution < 1.29 is 28.6 Å². The van der Waals surface area contributed by atoms with Gasteiger partial charge in [-0.05, 0) is 45.0 Å². The third kappa shape index (κ3) is 5.57. The number of ether oxygens (including phenoxy) is 3. The smallest absolute Gasteiger partial charge is 0.364 e. The fraction of sp³-hybridized carbons (Fsp3) is 0.318. The van der Waals surface area contributed by atoms with Crippen LogP contribution >= 0.6 is 0 Å². The molecule has 0 atom stereocenters. The van der Waals surface area contributed by atoms with Gasteiger partial charge in [0.2, 0.25) is 0 Å². The lowest BCUT2D eigenvalue weighted by atomic mass is 10.0. The highest BCUT2D eigenvalue weighted by molar-refractivity contribution is 6.05. The molecule has 1 amide bonds. The lowest BCUT2D eigenvalue weighted by Crippen LogP contribution is -2.60. The van der Waals surface area contributed by atoms with Crippen molar-refractivity contribution in [2.45, 2.75) is 26.4 Å². The molecular formula is C22H25NO6. The van der Waals surface area contributed by atoms with Crippen LogP contribution in [0.2, 0.25) is 0 Å². The number of carbonyl (C=O) groups excluding carboxylic acids is 3. The predicted molar refractivity (Wildman–Crippen MR) is 107 cm³/mol. The van der Waals surface area contributed by atoms with Crippen LogP contribution in [-0.2, 0) is 19.1 Å². The van der Waals surface area contributed by atoms with E-state index in [-0.39, 0.29) is 19.0 Å². The van der Waals surface area contributed by atoms with Crippen molar-refractivity contribution in [1.82, 2.24) is 5.32 Å². The highest BCUT2D eigenvalue weighted by Crippen LogP contribution is 2.23. The van der Waals surface area contributed by atoms with Crippen molar-refractivity contribution in [1.29, 1.82) is 0 Å². The highest BCUT2D eigenvalue weighted by atomic mass is 16.6.